The van der Waals surface area contributed by atoms with Crippen molar-refractivity contribution >= 4 is 38.9 Å². The fourth-order valence-corrected chi connectivity index (χ4v) is 3.31. The molecule has 0 fully saturated rings. The van der Waals surface area contributed by atoms with E-state index in [1.165, 1.54) is 24.4 Å². The summed E-state index contributed by atoms with van der Waals surface area (Å²) in [5.74, 6) is -1.27. The monoisotopic (exact) mass is 373 g/mol. The topological polar surface area (TPSA) is 102 Å². The van der Waals surface area contributed by atoms with Crippen molar-refractivity contribution in [1.82, 2.24) is 4.98 Å². The van der Waals surface area contributed by atoms with E-state index >= 15 is 0 Å². The molecule has 0 aliphatic rings. The number of aryl methyl sites for hydroxylation is 1. The maximum atomic E-state index is 13.5. The number of carbonyl (C=O) groups excluding carboxylic acids is 1. The Hall–Kier alpha value is -3.00. The first-order valence-electron chi connectivity index (χ1n) is 7.71. The van der Waals surface area contributed by atoms with Crippen LogP contribution in [-0.4, -0.2) is 19.3 Å². The van der Waals surface area contributed by atoms with Gasteiger partial charge in [0, 0.05) is 17.3 Å². The highest BCUT2D eigenvalue weighted by Gasteiger charge is 2.16. The molecule has 6 nitrogen and oxygen atoms in total. The van der Waals surface area contributed by atoms with Crippen LogP contribution < -0.4 is 11.1 Å². The molecule has 0 saturated carbocycles. The number of benzene rings is 2. The molecule has 0 aliphatic carbocycles. The second-order valence-electron chi connectivity index (χ2n) is 5.85. The maximum absolute atomic E-state index is 13.5. The molecular formula is C18H16FN3O3S. The first-order chi connectivity index (χ1) is 12.3. The first-order valence-corrected chi connectivity index (χ1v) is 9.08. The number of nitrogens with two attached hydrogens (primary N) is 1. The molecule has 1 aromatic heterocycles. The number of fused-ring (bicyclic) bond motifs is 1. The number of pyridine rings is 1. The number of hydrogen-bond acceptors (Lipinski definition) is 5. The van der Waals surface area contributed by atoms with E-state index in [1.54, 1.807) is 25.1 Å². The highest BCUT2D eigenvalue weighted by atomic mass is 32.2. The summed E-state index contributed by atoms with van der Waals surface area (Å²) in [6.45, 7) is 1.80. The molecular weight excluding hydrogens is 357 g/mol. The van der Waals surface area contributed by atoms with E-state index in [0.717, 1.165) is 5.56 Å². The van der Waals surface area contributed by atoms with Crippen LogP contribution in [0.3, 0.4) is 0 Å². The van der Waals surface area contributed by atoms with Crippen molar-refractivity contribution in [3.8, 4) is 0 Å². The Morgan fingerprint density at radius 3 is 2.69 bits per heavy atom. The fraction of sp³-hybridized carbons (Fsp3) is 0.111. The zero-order chi connectivity index (χ0) is 18.8. The number of halogens is 1. The smallest absolute Gasteiger partial charge is 0.252 e. The number of nitrogens with one attached hydrogen (secondary N) is 1. The molecule has 134 valence electrons. The Morgan fingerprint density at radius 2 is 2.04 bits per heavy atom. The number of primary amides is 1. The van der Waals surface area contributed by atoms with Crippen LogP contribution >= 0.6 is 0 Å². The number of amides is 1. The first kappa shape index (κ1) is 17.8. The molecule has 3 aromatic rings. The van der Waals surface area contributed by atoms with Crippen LogP contribution in [0.15, 0.2) is 42.6 Å². The molecule has 1 heterocycles. The summed E-state index contributed by atoms with van der Waals surface area (Å²) in [7, 11) is -2.61. The molecule has 0 aliphatic heterocycles. The zero-order valence-corrected chi connectivity index (χ0v) is 14.7. The summed E-state index contributed by atoms with van der Waals surface area (Å²) in [4.78, 5) is 16.1. The molecule has 0 unspecified atom stereocenters. The summed E-state index contributed by atoms with van der Waals surface area (Å²) in [6.07, 6.45) is 1.35. The van der Waals surface area contributed by atoms with Crippen molar-refractivity contribution in [2.45, 2.75) is 12.7 Å². The molecule has 1 amide bonds. The van der Waals surface area contributed by atoms with Crippen LogP contribution in [0.5, 0.6) is 0 Å². The summed E-state index contributed by atoms with van der Waals surface area (Å²) in [5, 5.41) is 3.55. The van der Waals surface area contributed by atoms with Gasteiger partial charge in [-0.25, -0.2) is 12.8 Å². The minimum absolute atomic E-state index is 0.129. The van der Waals surface area contributed by atoms with Crippen LogP contribution in [0.2, 0.25) is 0 Å². The van der Waals surface area contributed by atoms with E-state index in [-0.39, 0.29) is 11.3 Å². The quantitative estimate of drug-likeness (QED) is 0.597. The predicted octanol–water partition coefficient (Wildman–Crippen LogP) is 2.64. The third-order valence-electron chi connectivity index (χ3n) is 3.89. The lowest BCUT2D eigenvalue weighted by Crippen LogP contribution is -2.14. The van der Waals surface area contributed by atoms with Gasteiger partial charge < -0.3 is 11.1 Å². The molecule has 0 saturated heterocycles. The molecule has 0 spiro atoms. The zero-order valence-electron chi connectivity index (χ0n) is 13.8. The Labute approximate surface area is 150 Å². The molecule has 0 atom stereocenters. The average Bonchev–Trinajstić information content (AvgIpc) is 2.54. The lowest BCUT2D eigenvalue weighted by atomic mass is 10.0. The third-order valence-corrected chi connectivity index (χ3v) is 4.52. The fourth-order valence-electron chi connectivity index (χ4n) is 2.83. The highest BCUT2D eigenvalue weighted by molar-refractivity contribution is 7.71. The molecule has 0 bridgehead atoms. The Balaban J connectivity index is 2.26. The van der Waals surface area contributed by atoms with Gasteiger partial charge in [-0.15, -0.1) is 0 Å². The Bertz CT molecular complexity index is 1090. The minimum Gasteiger partial charge on any atom is -0.365 e. The molecule has 3 rings (SSSR count). The van der Waals surface area contributed by atoms with Gasteiger partial charge in [0.1, 0.15) is 16.5 Å². The summed E-state index contributed by atoms with van der Waals surface area (Å²) in [6, 6.07) is 9.14. The lowest BCUT2D eigenvalue weighted by Gasteiger charge is -2.15. The standard InChI is InChI=1S/C18H16FN3O3S/c1-10-5-11(9-26(24)25)6-14-16(10)21-8-15(18(20)23)17(14)22-13-4-2-3-12(19)7-13/h2-8,26H,9H2,1H3,(H2,20,23)(H,21,22). The average molecular weight is 373 g/mol. The van der Waals surface area contributed by atoms with Crippen molar-refractivity contribution < 1.29 is 17.6 Å². The van der Waals surface area contributed by atoms with Crippen LogP contribution in [0.4, 0.5) is 15.8 Å². The maximum Gasteiger partial charge on any atom is 0.252 e. The predicted molar refractivity (Wildman–Crippen MR) is 98.7 cm³/mol. The largest absolute Gasteiger partial charge is 0.365 e. The number of aromatic nitrogens is 1. The number of thiol groups is 1. The highest BCUT2D eigenvalue weighted by Crippen LogP contribution is 2.32. The summed E-state index contributed by atoms with van der Waals surface area (Å²) < 4.78 is 35.7. The Kier molecular flexibility index (Phi) is 4.85. The van der Waals surface area contributed by atoms with E-state index < -0.39 is 22.4 Å². The molecule has 8 heteroatoms. The number of rotatable bonds is 5. The van der Waals surface area contributed by atoms with E-state index in [2.05, 4.69) is 10.3 Å². The number of anilines is 2. The van der Waals surface area contributed by atoms with E-state index in [0.29, 0.717) is 27.8 Å². The number of nitrogens with zero attached hydrogens (tertiary/aromatic N) is 1. The number of hydrogen-bond donors (Lipinski definition) is 3. The molecule has 2 aromatic carbocycles. The third kappa shape index (κ3) is 3.65. The van der Waals surface area contributed by atoms with E-state index in [9.17, 15) is 17.6 Å². The van der Waals surface area contributed by atoms with Gasteiger partial charge in [0.05, 0.1) is 22.5 Å². The van der Waals surface area contributed by atoms with Crippen molar-refractivity contribution in [1.29, 1.82) is 0 Å². The Morgan fingerprint density at radius 1 is 1.27 bits per heavy atom. The van der Waals surface area contributed by atoms with Gasteiger partial charge in [-0.1, -0.05) is 12.1 Å². The van der Waals surface area contributed by atoms with Crippen molar-refractivity contribution in [3.05, 3.63) is 65.1 Å². The van der Waals surface area contributed by atoms with Gasteiger partial charge in [0.15, 0.2) is 0 Å². The minimum atomic E-state index is -2.61. The molecule has 0 radical (unpaired) electrons. The molecule has 3 N–H and O–H groups in total. The van der Waals surface area contributed by atoms with Crippen molar-refractivity contribution in [3.63, 3.8) is 0 Å². The van der Waals surface area contributed by atoms with Gasteiger partial charge in [-0.05, 0) is 42.3 Å². The van der Waals surface area contributed by atoms with Crippen LogP contribution in [0.25, 0.3) is 10.9 Å². The van der Waals surface area contributed by atoms with Crippen LogP contribution in [0.1, 0.15) is 21.5 Å². The van der Waals surface area contributed by atoms with Crippen LogP contribution in [-0.2, 0) is 16.5 Å². The van der Waals surface area contributed by atoms with Crippen molar-refractivity contribution in [2.75, 3.05) is 5.32 Å². The van der Waals surface area contributed by atoms with Crippen molar-refractivity contribution in [2.24, 2.45) is 5.73 Å². The van der Waals surface area contributed by atoms with Gasteiger partial charge in [0.25, 0.3) is 5.91 Å². The SMILES string of the molecule is Cc1cc(C[SH](=O)=O)cc2c(Nc3cccc(F)c3)c(C(N)=O)cnc12. The van der Waals surface area contributed by atoms with Crippen LogP contribution in [0, 0.1) is 12.7 Å². The lowest BCUT2D eigenvalue weighted by molar-refractivity contribution is 0.100. The number of carbonyl (C=O) groups is 1. The van der Waals surface area contributed by atoms with Gasteiger partial charge in [-0.3, -0.25) is 9.78 Å². The summed E-state index contributed by atoms with van der Waals surface area (Å²) >= 11 is 0. The van der Waals surface area contributed by atoms with Gasteiger partial charge >= 0.3 is 0 Å². The van der Waals surface area contributed by atoms with E-state index in [4.69, 9.17) is 5.73 Å². The second kappa shape index (κ2) is 7.09. The second-order valence-corrected chi connectivity index (χ2v) is 6.83. The molecule has 26 heavy (non-hydrogen) atoms. The summed E-state index contributed by atoms with van der Waals surface area (Å²) in [5.41, 5.74) is 8.29. The van der Waals surface area contributed by atoms with E-state index in [1.807, 2.05) is 0 Å². The normalized spacial score (nSPS) is 11.0. The van der Waals surface area contributed by atoms with Gasteiger partial charge in [-0.2, -0.15) is 0 Å². The van der Waals surface area contributed by atoms with Gasteiger partial charge in [0.2, 0.25) is 0 Å².